The molecule has 0 aliphatic rings. The van der Waals surface area contributed by atoms with Gasteiger partial charge in [-0.2, -0.15) is 0 Å². The first kappa shape index (κ1) is 11.1. The van der Waals surface area contributed by atoms with Gasteiger partial charge in [0.15, 0.2) is 7.11 Å². The lowest BCUT2D eigenvalue weighted by Gasteiger charge is -1.95. The van der Waals surface area contributed by atoms with E-state index in [2.05, 4.69) is 14.6 Å². The molecule has 0 atom stereocenters. The molecule has 0 amide bonds. The third-order valence-corrected chi connectivity index (χ3v) is 2.45. The number of ether oxygens (including phenoxy) is 1. The Morgan fingerprint density at radius 2 is 2.12 bits per heavy atom. The number of H-pyrrole nitrogens is 1. The fraction of sp³-hybridized carbons (Fsp3) is 0.182. The number of hydrogen-bond acceptors (Lipinski definition) is 4. The predicted molar refractivity (Wildman–Crippen MR) is 59.9 cm³/mol. The molecule has 0 saturated carbocycles. The minimum atomic E-state index is -0.422. The van der Waals surface area contributed by atoms with Crippen molar-refractivity contribution in [2.45, 2.75) is 0 Å². The number of aromatic amines is 1. The molecule has 0 bridgehead atoms. The van der Waals surface area contributed by atoms with Gasteiger partial charge in [-0.3, -0.25) is 0 Å². The van der Waals surface area contributed by atoms with Gasteiger partial charge in [0.2, 0.25) is 0 Å². The Kier molecular flexibility index (Phi) is 2.78. The van der Waals surface area contributed by atoms with Gasteiger partial charge in [-0.1, -0.05) is 0 Å². The van der Waals surface area contributed by atoms with Crippen molar-refractivity contribution in [2.24, 2.45) is 0 Å². The average Bonchev–Trinajstić information content (AvgIpc) is 2.79. The molecule has 17 heavy (non-hydrogen) atoms. The number of carbonyl (C=O) groups is 1. The highest BCUT2D eigenvalue weighted by atomic mass is 16.8. The number of nitrogens with one attached hydrogen (secondary N) is 1. The smallest absolute Gasteiger partial charge is 0.340 e. The Labute approximate surface area is 96.7 Å². The van der Waals surface area contributed by atoms with Gasteiger partial charge in [0, 0.05) is 23.7 Å². The highest BCUT2D eigenvalue weighted by Crippen LogP contribution is 2.23. The van der Waals surface area contributed by atoms with E-state index in [0.717, 1.165) is 0 Å². The molecule has 0 radical (unpaired) electrons. The van der Waals surface area contributed by atoms with Crippen LogP contribution in [0.15, 0.2) is 24.4 Å². The molecule has 6 heteroatoms. The molecule has 6 nitrogen and oxygen atoms in total. The third kappa shape index (κ3) is 1.84. The van der Waals surface area contributed by atoms with Gasteiger partial charge in [-0.05, 0) is 6.07 Å². The van der Waals surface area contributed by atoms with Crippen molar-refractivity contribution >= 4 is 22.6 Å². The minimum Gasteiger partial charge on any atom is -0.465 e. The summed E-state index contributed by atoms with van der Waals surface area (Å²) < 4.78 is 4.65. The molecule has 0 fully saturated rings. The van der Waals surface area contributed by atoms with Gasteiger partial charge in [0.25, 0.3) is 4.92 Å². The monoisotopic (exact) mass is 235 g/mol. The molecular formula is C11H11N2O4+. The molecule has 2 rings (SSSR count). The van der Waals surface area contributed by atoms with Crippen molar-refractivity contribution in [3.63, 3.8) is 0 Å². The summed E-state index contributed by atoms with van der Waals surface area (Å²) in [5.74, 6) is -0.422. The zero-order chi connectivity index (χ0) is 12.4. The standard InChI is InChI=1S/C11H10N2O4/c1-16-11(14)9-6-12-10-5-7(13(15)17-2)3-4-8(9)10/h3-6H,1-2H3/p+1. The zero-order valence-electron chi connectivity index (χ0n) is 9.39. The lowest BCUT2D eigenvalue weighted by atomic mass is 10.1. The van der Waals surface area contributed by atoms with Crippen molar-refractivity contribution in [3.05, 3.63) is 34.9 Å². The van der Waals surface area contributed by atoms with Gasteiger partial charge in [0.1, 0.15) is 0 Å². The SMILES string of the molecule is COC(=O)c1c[nH]c2cc([N+](=O)OC)ccc12. The van der Waals surface area contributed by atoms with Crippen molar-refractivity contribution in [3.8, 4) is 0 Å². The predicted octanol–water partition coefficient (Wildman–Crippen LogP) is 1.93. The van der Waals surface area contributed by atoms with Crippen LogP contribution in [0.25, 0.3) is 10.9 Å². The third-order valence-electron chi connectivity index (χ3n) is 2.45. The van der Waals surface area contributed by atoms with Gasteiger partial charge in [-0.25, -0.2) is 9.63 Å². The van der Waals surface area contributed by atoms with Crippen LogP contribution in [0.5, 0.6) is 0 Å². The Hall–Kier alpha value is -2.37. The lowest BCUT2D eigenvalue weighted by molar-refractivity contribution is -0.736. The van der Waals surface area contributed by atoms with Crippen LogP contribution < -0.4 is 0 Å². The van der Waals surface area contributed by atoms with Gasteiger partial charge < -0.3 is 9.72 Å². The molecule has 0 unspecified atom stereocenters. The van der Waals surface area contributed by atoms with Gasteiger partial charge >= 0.3 is 11.7 Å². The van der Waals surface area contributed by atoms with E-state index in [1.54, 1.807) is 24.4 Å². The van der Waals surface area contributed by atoms with Crippen molar-refractivity contribution in [2.75, 3.05) is 14.2 Å². The van der Waals surface area contributed by atoms with Crippen LogP contribution in [0.4, 0.5) is 5.69 Å². The maximum Gasteiger partial charge on any atom is 0.340 e. The molecule has 1 aromatic carbocycles. The first-order valence-electron chi connectivity index (χ1n) is 4.88. The second-order valence-electron chi connectivity index (χ2n) is 3.36. The van der Waals surface area contributed by atoms with E-state index in [0.29, 0.717) is 27.1 Å². The highest BCUT2D eigenvalue weighted by Gasteiger charge is 2.18. The average molecular weight is 235 g/mol. The summed E-state index contributed by atoms with van der Waals surface area (Å²) in [6.07, 6.45) is 1.54. The minimum absolute atomic E-state index is 0.346. The van der Waals surface area contributed by atoms with Crippen molar-refractivity contribution in [1.82, 2.24) is 4.98 Å². The van der Waals surface area contributed by atoms with Crippen LogP contribution in [0, 0.1) is 4.91 Å². The number of fused-ring (bicyclic) bond motifs is 1. The van der Waals surface area contributed by atoms with E-state index in [1.165, 1.54) is 14.2 Å². The van der Waals surface area contributed by atoms with Crippen LogP contribution in [0.3, 0.4) is 0 Å². The molecule has 0 saturated heterocycles. The summed E-state index contributed by atoms with van der Waals surface area (Å²) in [5.41, 5.74) is 1.45. The van der Waals surface area contributed by atoms with Crippen LogP contribution in [0.1, 0.15) is 10.4 Å². The number of benzene rings is 1. The van der Waals surface area contributed by atoms with E-state index in [9.17, 15) is 9.70 Å². The summed E-state index contributed by atoms with van der Waals surface area (Å²) in [5, 5.41) is 0.699. The summed E-state index contributed by atoms with van der Waals surface area (Å²) in [7, 11) is 2.60. The van der Waals surface area contributed by atoms with Crippen LogP contribution >= 0.6 is 0 Å². The maximum absolute atomic E-state index is 11.4. The molecule has 88 valence electrons. The van der Waals surface area contributed by atoms with E-state index >= 15 is 0 Å². The molecular weight excluding hydrogens is 224 g/mol. The van der Waals surface area contributed by atoms with E-state index in [4.69, 9.17) is 0 Å². The molecule has 2 aromatic rings. The largest absolute Gasteiger partial charge is 0.465 e. The van der Waals surface area contributed by atoms with E-state index in [1.807, 2.05) is 0 Å². The van der Waals surface area contributed by atoms with Crippen molar-refractivity contribution in [1.29, 1.82) is 0 Å². The zero-order valence-corrected chi connectivity index (χ0v) is 9.39. The fourth-order valence-electron chi connectivity index (χ4n) is 1.61. The second kappa shape index (κ2) is 4.25. The number of rotatable bonds is 3. The number of methoxy groups -OCH3 is 1. The second-order valence-corrected chi connectivity index (χ2v) is 3.36. The maximum atomic E-state index is 11.4. The number of nitrogens with zero attached hydrogens (tertiary/aromatic N) is 1. The quantitative estimate of drug-likeness (QED) is 0.651. The van der Waals surface area contributed by atoms with Gasteiger partial charge in [0.05, 0.1) is 23.1 Å². The molecule has 1 aromatic heterocycles. The topological polar surface area (TPSA) is 71.4 Å². The first-order valence-corrected chi connectivity index (χ1v) is 4.88. The summed E-state index contributed by atoms with van der Waals surface area (Å²) >= 11 is 0. The lowest BCUT2D eigenvalue weighted by Crippen LogP contribution is -2.00. The number of carbonyl (C=O) groups excluding carboxylic acids is 1. The van der Waals surface area contributed by atoms with E-state index < -0.39 is 5.97 Å². The van der Waals surface area contributed by atoms with E-state index in [-0.39, 0.29) is 0 Å². The summed E-state index contributed by atoms with van der Waals surface area (Å²) in [6, 6.07) is 4.83. The fourth-order valence-corrected chi connectivity index (χ4v) is 1.61. The van der Waals surface area contributed by atoms with Crippen LogP contribution in [-0.4, -0.2) is 30.1 Å². The molecule has 0 aliphatic carbocycles. The summed E-state index contributed by atoms with van der Waals surface area (Å²) in [4.78, 5) is 30.5. The highest BCUT2D eigenvalue weighted by molar-refractivity contribution is 6.04. The molecule has 0 aliphatic heterocycles. The first-order chi connectivity index (χ1) is 8.17. The number of esters is 1. The Morgan fingerprint density at radius 3 is 2.76 bits per heavy atom. The molecule has 1 N–H and O–H groups in total. The Bertz CT molecular complexity index is 588. The number of hydrogen-bond donors (Lipinski definition) is 1. The van der Waals surface area contributed by atoms with Crippen LogP contribution in [0.2, 0.25) is 0 Å². The Morgan fingerprint density at radius 1 is 1.35 bits per heavy atom. The molecule has 1 heterocycles. The number of aromatic nitrogens is 1. The Balaban J connectivity index is 2.52. The van der Waals surface area contributed by atoms with Gasteiger partial charge in [-0.15, -0.1) is 0 Å². The normalized spacial score (nSPS) is 10.2. The van der Waals surface area contributed by atoms with Crippen LogP contribution in [-0.2, 0) is 9.57 Å². The van der Waals surface area contributed by atoms with Crippen molar-refractivity contribution < 1.29 is 19.3 Å². The molecule has 0 spiro atoms. The summed E-state index contributed by atoms with van der Waals surface area (Å²) in [6.45, 7) is 0.